The van der Waals surface area contributed by atoms with Gasteiger partial charge in [0, 0.05) is 11.1 Å². The van der Waals surface area contributed by atoms with Crippen LogP contribution in [-0.4, -0.2) is 0 Å². The number of hydrogen-bond acceptors (Lipinski definition) is 0. The summed E-state index contributed by atoms with van der Waals surface area (Å²) in [6.45, 7) is 3.28. The molecule has 110 valence electrons. The van der Waals surface area contributed by atoms with Crippen LogP contribution in [0.15, 0.2) is 84.9 Å². The summed E-state index contributed by atoms with van der Waals surface area (Å²) in [6, 6.07) is 30.5. The standard InChI is InChI=1S/C21H21N/c1-17(22-16-18-8-4-2-5-9-18)19-12-14-21(15-13-19)20-10-6-3-7-11-20/h2-15,17,22H,16H2,1H3/p+1/t17-/m1/s1. The van der Waals surface area contributed by atoms with Crippen molar-refractivity contribution in [2.24, 2.45) is 0 Å². The minimum Gasteiger partial charge on any atom is -0.337 e. The first-order valence-electron chi connectivity index (χ1n) is 7.85. The van der Waals surface area contributed by atoms with Crippen molar-refractivity contribution in [1.29, 1.82) is 0 Å². The van der Waals surface area contributed by atoms with E-state index >= 15 is 0 Å². The topological polar surface area (TPSA) is 16.6 Å². The zero-order valence-electron chi connectivity index (χ0n) is 12.9. The molecule has 0 spiro atoms. The average Bonchev–Trinajstić information content (AvgIpc) is 2.61. The van der Waals surface area contributed by atoms with Crippen LogP contribution < -0.4 is 5.32 Å². The molecule has 1 heteroatoms. The fraction of sp³-hybridized carbons (Fsp3) is 0.143. The number of quaternary nitrogens is 1. The van der Waals surface area contributed by atoms with E-state index in [4.69, 9.17) is 0 Å². The van der Waals surface area contributed by atoms with Gasteiger partial charge in [0.05, 0.1) is 0 Å². The monoisotopic (exact) mass is 288 g/mol. The number of nitrogens with two attached hydrogens (primary N) is 1. The highest BCUT2D eigenvalue weighted by molar-refractivity contribution is 5.63. The van der Waals surface area contributed by atoms with Crippen LogP contribution in [0.2, 0.25) is 0 Å². The molecule has 0 aliphatic carbocycles. The van der Waals surface area contributed by atoms with Gasteiger partial charge in [0.2, 0.25) is 0 Å². The van der Waals surface area contributed by atoms with Crippen molar-refractivity contribution < 1.29 is 5.32 Å². The Kier molecular flexibility index (Phi) is 4.67. The molecule has 0 bridgehead atoms. The van der Waals surface area contributed by atoms with Crippen molar-refractivity contribution in [3.8, 4) is 11.1 Å². The molecule has 0 unspecified atom stereocenters. The average molecular weight is 288 g/mol. The van der Waals surface area contributed by atoms with Crippen molar-refractivity contribution in [2.75, 3.05) is 0 Å². The molecular formula is C21H22N+. The van der Waals surface area contributed by atoms with Crippen molar-refractivity contribution in [1.82, 2.24) is 0 Å². The summed E-state index contributed by atoms with van der Waals surface area (Å²) in [6.07, 6.45) is 0. The Bertz CT molecular complexity index is 687. The second kappa shape index (κ2) is 7.06. The predicted octanol–water partition coefficient (Wildman–Crippen LogP) is 4.18. The minimum absolute atomic E-state index is 0.463. The maximum atomic E-state index is 2.38. The summed E-state index contributed by atoms with van der Waals surface area (Å²) in [5.74, 6) is 0. The van der Waals surface area contributed by atoms with Crippen molar-refractivity contribution in [3.63, 3.8) is 0 Å². The van der Waals surface area contributed by atoms with Crippen molar-refractivity contribution in [2.45, 2.75) is 19.5 Å². The molecule has 0 aliphatic rings. The van der Waals surface area contributed by atoms with E-state index in [0.29, 0.717) is 6.04 Å². The minimum atomic E-state index is 0.463. The molecule has 22 heavy (non-hydrogen) atoms. The van der Waals surface area contributed by atoms with E-state index < -0.39 is 0 Å². The van der Waals surface area contributed by atoms with Crippen LogP contribution in [0.1, 0.15) is 24.1 Å². The Hall–Kier alpha value is -2.38. The summed E-state index contributed by atoms with van der Waals surface area (Å²) in [4.78, 5) is 0. The third kappa shape index (κ3) is 3.63. The lowest BCUT2D eigenvalue weighted by atomic mass is 10.0. The third-order valence-electron chi connectivity index (χ3n) is 4.09. The molecule has 0 saturated carbocycles. The highest BCUT2D eigenvalue weighted by Gasteiger charge is 2.08. The van der Waals surface area contributed by atoms with Gasteiger partial charge in [-0.05, 0) is 18.1 Å². The van der Waals surface area contributed by atoms with Gasteiger partial charge in [-0.15, -0.1) is 0 Å². The largest absolute Gasteiger partial charge is 0.337 e. The molecule has 1 atom stereocenters. The summed E-state index contributed by atoms with van der Waals surface area (Å²) in [5, 5.41) is 2.38. The first-order chi connectivity index (χ1) is 10.8. The molecule has 0 heterocycles. The number of hydrogen-bond donors (Lipinski definition) is 1. The fourth-order valence-corrected chi connectivity index (χ4v) is 2.67. The van der Waals surface area contributed by atoms with Crippen molar-refractivity contribution in [3.05, 3.63) is 96.1 Å². The van der Waals surface area contributed by atoms with Crippen LogP contribution >= 0.6 is 0 Å². The zero-order valence-corrected chi connectivity index (χ0v) is 12.9. The molecule has 0 fully saturated rings. The number of rotatable bonds is 5. The Labute approximate surface area is 132 Å². The third-order valence-corrected chi connectivity index (χ3v) is 4.09. The summed E-state index contributed by atoms with van der Waals surface area (Å²) >= 11 is 0. The Morgan fingerprint density at radius 1 is 0.682 bits per heavy atom. The molecule has 3 aromatic rings. The molecule has 3 rings (SSSR count). The predicted molar refractivity (Wildman–Crippen MR) is 92.4 cm³/mol. The molecular weight excluding hydrogens is 266 g/mol. The zero-order chi connectivity index (χ0) is 15.2. The van der Waals surface area contributed by atoms with Gasteiger partial charge < -0.3 is 5.32 Å². The maximum Gasteiger partial charge on any atom is 0.109 e. The SMILES string of the molecule is C[C@@H]([NH2+]Cc1ccccc1)c1ccc(-c2ccccc2)cc1. The lowest BCUT2D eigenvalue weighted by Gasteiger charge is -2.12. The molecule has 0 radical (unpaired) electrons. The molecule has 1 nitrogen and oxygen atoms in total. The van der Waals surface area contributed by atoms with Gasteiger partial charge in [0.1, 0.15) is 12.6 Å². The first kappa shape index (κ1) is 14.6. The highest BCUT2D eigenvalue weighted by atomic mass is 14.9. The molecule has 0 amide bonds. The summed E-state index contributed by atoms with van der Waals surface area (Å²) < 4.78 is 0. The fourth-order valence-electron chi connectivity index (χ4n) is 2.67. The van der Waals surface area contributed by atoms with Crippen LogP contribution in [-0.2, 0) is 6.54 Å². The van der Waals surface area contributed by atoms with Gasteiger partial charge >= 0.3 is 0 Å². The Morgan fingerprint density at radius 2 is 1.23 bits per heavy atom. The molecule has 0 aromatic heterocycles. The van der Waals surface area contributed by atoms with Crippen LogP contribution in [0, 0.1) is 0 Å². The Balaban J connectivity index is 1.65. The summed E-state index contributed by atoms with van der Waals surface area (Å²) in [7, 11) is 0. The molecule has 0 saturated heterocycles. The normalized spacial score (nSPS) is 12.0. The van der Waals surface area contributed by atoms with Crippen molar-refractivity contribution >= 4 is 0 Å². The van der Waals surface area contributed by atoms with Crippen LogP contribution in [0.4, 0.5) is 0 Å². The first-order valence-corrected chi connectivity index (χ1v) is 7.85. The molecule has 2 N–H and O–H groups in total. The second-order valence-corrected chi connectivity index (χ2v) is 5.70. The van der Waals surface area contributed by atoms with Gasteiger partial charge in [-0.2, -0.15) is 0 Å². The van der Waals surface area contributed by atoms with Gasteiger partial charge in [0.15, 0.2) is 0 Å². The van der Waals surface area contributed by atoms with Gasteiger partial charge in [-0.1, -0.05) is 84.9 Å². The summed E-state index contributed by atoms with van der Waals surface area (Å²) in [5.41, 5.74) is 5.29. The smallest absolute Gasteiger partial charge is 0.109 e. The lowest BCUT2D eigenvalue weighted by Crippen LogP contribution is -2.83. The van der Waals surface area contributed by atoms with E-state index in [9.17, 15) is 0 Å². The second-order valence-electron chi connectivity index (χ2n) is 5.70. The highest BCUT2D eigenvalue weighted by Crippen LogP contribution is 2.20. The lowest BCUT2D eigenvalue weighted by molar-refractivity contribution is -0.707. The van der Waals surface area contributed by atoms with Crippen LogP contribution in [0.25, 0.3) is 11.1 Å². The van der Waals surface area contributed by atoms with Crippen LogP contribution in [0.5, 0.6) is 0 Å². The van der Waals surface area contributed by atoms with E-state index in [-0.39, 0.29) is 0 Å². The van der Waals surface area contributed by atoms with Gasteiger partial charge in [-0.3, -0.25) is 0 Å². The quantitative estimate of drug-likeness (QED) is 0.725. The van der Waals surface area contributed by atoms with E-state index in [0.717, 1.165) is 6.54 Å². The molecule has 0 aliphatic heterocycles. The van der Waals surface area contributed by atoms with E-state index in [1.54, 1.807) is 0 Å². The van der Waals surface area contributed by atoms with Gasteiger partial charge in [-0.25, -0.2) is 0 Å². The van der Waals surface area contributed by atoms with Gasteiger partial charge in [0.25, 0.3) is 0 Å². The van der Waals surface area contributed by atoms with Crippen LogP contribution in [0.3, 0.4) is 0 Å². The number of benzene rings is 3. The maximum absolute atomic E-state index is 2.38. The van der Waals surface area contributed by atoms with E-state index in [1.165, 1.54) is 22.3 Å². The Morgan fingerprint density at radius 3 is 1.86 bits per heavy atom. The molecule has 3 aromatic carbocycles. The van der Waals surface area contributed by atoms with E-state index in [1.807, 2.05) is 0 Å². The van der Waals surface area contributed by atoms with E-state index in [2.05, 4.69) is 97.2 Å².